The minimum atomic E-state index is 0.330. The zero-order valence-electron chi connectivity index (χ0n) is 9.66. The fraction of sp³-hybridized carbons (Fsp3) is 0.538. The van der Waals surface area contributed by atoms with Crippen LogP contribution in [0.1, 0.15) is 12.5 Å². The lowest BCUT2D eigenvalue weighted by molar-refractivity contribution is 0.159. The van der Waals surface area contributed by atoms with E-state index in [-0.39, 0.29) is 0 Å². The van der Waals surface area contributed by atoms with Crippen molar-refractivity contribution in [2.75, 3.05) is 25.0 Å². The topological polar surface area (TPSA) is 12.5 Å². The Morgan fingerprint density at radius 1 is 1.44 bits per heavy atom. The van der Waals surface area contributed by atoms with Gasteiger partial charge < -0.3 is 4.74 Å². The maximum atomic E-state index is 5.93. The number of para-hydroxylation sites is 1. The third-order valence-electron chi connectivity index (χ3n) is 3.02. The summed E-state index contributed by atoms with van der Waals surface area (Å²) in [4.78, 5) is 2.42. The van der Waals surface area contributed by atoms with Crippen molar-refractivity contribution < 1.29 is 4.74 Å². The quantitative estimate of drug-likeness (QED) is 0.771. The van der Waals surface area contributed by atoms with Crippen molar-refractivity contribution in [3.05, 3.63) is 29.8 Å². The zero-order chi connectivity index (χ0) is 11.4. The van der Waals surface area contributed by atoms with Crippen LogP contribution in [0.4, 0.5) is 0 Å². The van der Waals surface area contributed by atoms with E-state index < -0.39 is 0 Å². The van der Waals surface area contributed by atoms with Gasteiger partial charge in [-0.2, -0.15) is 0 Å². The Bertz CT molecular complexity index is 317. The summed E-state index contributed by atoms with van der Waals surface area (Å²) in [7, 11) is 0. The van der Waals surface area contributed by atoms with Crippen LogP contribution < -0.4 is 4.74 Å². The van der Waals surface area contributed by atoms with Gasteiger partial charge in [-0.3, -0.25) is 4.90 Å². The summed E-state index contributed by atoms with van der Waals surface area (Å²) in [6, 6.07) is 8.35. The molecular weight excluding hydrogens is 266 g/mol. The summed E-state index contributed by atoms with van der Waals surface area (Å²) in [6.45, 7) is 5.40. The molecule has 1 atom stereocenters. The van der Waals surface area contributed by atoms with Crippen molar-refractivity contribution >= 4 is 15.9 Å². The number of nitrogens with zero attached hydrogens (tertiary/aromatic N) is 1. The molecule has 2 rings (SSSR count). The molecular formula is C13H18BrNO. The SMILES string of the molecule is CCN(CCBr)CC1Cc2ccccc2O1. The molecule has 0 radical (unpaired) electrons. The van der Waals surface area contributed by atoms with Gasteiger partial charge in [0.05, 0.1) is 0 Å². The van der Waals surface area contributed by atoms with Gasteiger partial charge >= 0.3 is 0 Å². The number of hydrogen-bond acceptors (Lipinski definition) is 2. The third-order valence-corrected chi connectivity index (χ3v) is 3.38. The predicted octanol–water partition coefficient (Wildman–Crippen LogP) is 2.71. The molecule has 0 amide bonds. The highest BCUT2D eigenvalue weighted by Crippen LogP contribution is 2.28. The summed E-state index contributed by atoms with van der Waals surface area (Å²) in [6.07, 6.45) is 1.38. The second kappa shape index (κ2) is 5.69. The van der Waals surface area contributed by atoms with Gasteiger partial charge in [-0.05, 0) is 18.2 Å². The molecule has 0 fully saturated rings. The van der Waals surface area contributed by atoms with E-state index in [4.69, 9.17) is 4.74 Å². The molecule has 1 unspecified atom stereocenters. The van der Waals surface area contributed by atoms with Crippen molar-refractivity contribution in [2.45, 2.75) is 19.4 Å². The van der Waals surface area contributed by atoms with Gasteiger partial charge in [0.2, 0.25) is 0 Å². The van der Waals surface area contributed by atoms with E-state index in [1.807, 2.05) is 6.07 Å². The molecule has 0 aliphatic carbocycles. The summed E-state index contributed by atoms with van der Waals surface area (Å²) >= 11 is 3.49. The van der Waals surface area contributed by atoms with E-state index in [0.717, 1.165) is 37.1 Å². The maximum absolute atomic E-state index is 5.93. The molecule has 1 aliphatic rings. The van der Waals surface area contributed by atoms with Crippen molar-refractivity contribution in [3.8, 4) is 5.75 Å². The van der Waals surface area contributed by atoms with Crippen molar-refractivity contribution in [3.63, 3.8) is 0 Å². The maximum Gasteiger partial charge on any atom is 0.123 e. The van der Waals surface area contributed by atoms with E-state index in [1.54, 1.807) is 0 Å². The van der Waals surface area contributed by atoms with Gasteiger partial charge in [0.1, 0.15) is 11.9 Å². The van der Waals surface area contributed by atoms with Gasteiger partial charge in [0, 0.05) is 24.8 Å². The van der Waals surface area contributed by atoms with Crippen LogP contribution in [0.3, 0.4) is 0 Å². The highest BCUT2D eigenvalue weighted by Gasteiger charge is 2.23. The minimum absolute atomic E-state index is 0.330. The fourth-order valence-corrected chi connectivity index (χ4v) is 2.64. The van der Waals surface area contributed by atoms with Crippen LogP contribution in [0, 0.1) is 0 Å². The van der Waals surface area contributed by atoms with E-state index in [0.29, 0.717) is 6.10 Å². The van der Waals surface area contributed by atoms with Gasteiger partial charge in [-0.15, -0.1) is 0 Å². The molecule has 88 valence electrons. The molecule has 1 heterocycles. The number of fused-ring (bicyclic) bond motifs is 1. The molecule has 0 N–H and O–H groups in total. The second-order valence-corrected chi connectivity index (χ2v) is 4.93. The first kappa shape index (κ1) is 11.9. The molecule has 0 saturated carbocycles. The van der Waals surface area contributed by atoms with Crippen molar-refractivity contribution in [2.24, 2.45) is 0 Å². The molecule has 0 spiro atoms. The van der Waals surface area contributed by atoms with E-state index in [2.05, 4.69) is 46.0 Å². The lowest BCUT2D eigenvalue weighted by Gasteiger charge is -2.22. The van der Waals surface area contributed by atoms with Gasteiger partial charge in [-0.25, -0.2) is 0 Å². The highest BCUT2D eigenvalue weighted by molar-refractivity contribution is 9.09. The molecule has 16 heavy (non-hydrogen) atoms. The average Bonchev–Trinajstić information content (AvgIpc) is 2.70. The van der Waals surface area contributed by atoms with Gasteiger partial charge in [-0.1, -0.05) is 41.1 Å². The monoisotopic (exact) mass is 283 g/mol. The van der Waals surface area contributed by atoms with Crippen LogP contribution in [0.25, 0.3) is 0 Å². The normalized spacial score (nSPS) is 18.6. The number of alkyl halides is 1. The summed E-state index contributed by atoms with van der Waals surface area (Å²) in [5, 5.41) is 1.03. The fourth-order valence-electron chi connectivity index (χ4n) is 2.14. The molecule has 1 aliphatic heterocycles. The number of ether oxygens (including phenoxy) is 1. The van der Waals surface area contributed by atoms with Gasteiger partial charge in [0.25, 0.3) is 0 Å². The van der Waals surface area contributed by atoms with Crippen LogP contribution in [-0.4, -0.2) is 36.0 Å². The smallest absolute Gasteiger partial charge is 0.123 e. The number of benzene rings is 1. The Kier molecular flexibility index (Phi) is 4.24. The van der Waals surface area contributed by atoms with E-state index >= 15 is 0 Å². The molecule has 0 saturated heterocycles. The largest absolute Gasteiger partial charge is 0.488 e. The standard InChI is InChI=1S/C13H18BrNO/c1-2-15(8-7-14)10-12-9-11-5-3-4-6-13(11)16-12/h3-6,12H,2,7-10H2,1H3. The zero-order valence-corrected chi connectivity index (χ0v) is 11.2. The molecule has 3 heteroatoms. The Hall–Kier alpha value is -0.540. The van der Waals surface area contributed by atoms with Crippen LogP contribution in [0.2, 0.25) is 0 Å². The highest BCUT2D eigenvalue weighted by atomic mass is 79.9. The summed E-state index contributed by atoms with van der Waals surface area (Å²) in [5.41, 5.74) is 1.35. The second-order valence-electron chi connectivity index (χ2n) is 4.13. The molecule has 2 nitrogen and oxygen atoms in total. The van der Waals surface area contributed by atoms with Crippen molar-refractivity contribution in [1.29, 1.82) is 0 Å². The average molecular weight is 284 g/mol. The van der Waals surface area contributed by atoms with Crippen molar-refractivity contribution in [1.82, 2.24) is 4.90 Å². The van der Waals surface area contributed by atoms with Crippen LogP contribution in [0.15, 0.2) is 24.3 Å². The van der Waals surface area contributed by atoms with Gasteiger partial charge in [0.15, 0.2) is 0 Å². The minimum Gasteiger partial charge on any atom is -0.488 e. The summed E-state index contributed by atoms with van der Waals surface area (Å²) in [5.74, 6) is 1.07. The number of likely N-dealkylation sites (N-methyl/N-ethyl adjacent to an activating group) is 1. The number of hydrogen-bond donors (Lipinski definition) is 0. The lowest BCUT2D eigenvalue weighted by atomic mass is 10.1. The Labute approximate surface area is 106 Å². The first-order chi connectivity index (χ1) is 7.83. The first-order valence-corrected chi connectivity index (χ1v) is 6.98. The molecule has 1 aromatic carbocycles. The third kappa shape index (κ3) is 2.77. The first-order valence-electron chi connectivity index (χ1n) is 5.86. The number of halogens is 1. The lowest BCUT2D eigenvalue weighted by Crippen LogP contribution is -2.35. The Morgan fingerprint density at radius 3 is 2.94 bits per heavy atom. The number of rotatable bonds is 5. The van der Waals surface area contributed by atoms with Crippen LogP contribution in [0.5, 0.6) is 5.75 Å². The summed E-state index contributed by atoms with van der Waals surface area (Å²) < 4.78 is 5.93. The molecule has 1 aromatic rings. The van der Waals surface area contributed by atoms with Crippen LogP contribution in [-0.2, 0) is 6.42 Å². The Balaban J connectivity index is 1.91. The van der Waals surface area contributed by atoms with E-state index in [1.165, 1.54) is 5.56 Å². The molecule has 0 bridgehead atoms. The molecule has 0 aromatic heterocycles. The Morgan fingerprint density at radius 2 is 2.25 bits per heavy atom. The van der Waals surface area contributed by atoms with Crippen LogP contribution >= 0.6 is 15.9 Å². The predicted molar refractivity (Wildman–Crippen MR) is 70.5 cm³/mol. The van der Waals surface area contributed by atoms with E-state index in [9.17, 15) is 0 Å².